The third kappa shape index (κ3) is 5.49. The highest BCUT2D eigenvalue weighted by Crippen LogP contribution is 2.40. The Balaban J connectivity index is 1.36. The van der Waals surface area contributed by atoms with Crippen molar-refractivity contribution < 1.29 is 0 Å². The molecule has 0 saturated carbocycles. The Kier molecular flexibility index (Phi) is 8.04. The first-order valence-electron chi connectivity index (χ1n) is 13.2. The van der Waals surface area contributed by atoms with Crippen molar-refractivity contribution in [1.82, 2.24) is 14.9 Å². The molecule has 3 aromatic rings. The SMILES string of the molecule is [C-]#[N+]c1c(N2CCC(N3CCCC3)CC2)nc(SCc2ccc(-c3ccccn3)cc2)c(C#N)c1CC. The average Bonchev–Trinajstić information content (AvgIpc) is 3.51. The Hall–Kier alpha value is -3.39. The average molecular weight is 509 g/mol. The molecule has 0 atom stereocenters. The lowest BCUT2D eigenvalue weighted by Gasteiger charge is -2.38. The number of hydrogen-bond acceptors (Lipinski definition) is 6. The fraction of sp³-hybridized carbons (Fsp3) is 0.400. The highest BCUT2D eigenvalue weighted by Gasteiger charge is 2.29. The number of hydrogen-bond donors (Lipinski definition) is 0. The molecule has 1 aromatic carbocycles. The minimum Gasteiger partial charge on any atom is -0.365 e. The molecule has 0 bridgehead atoms. The smallest absolute Gasteiger partial charge is 0.232 e. The first kappa shape index (κ1) is 25.3. The van der Waals surface area contributed by atoms with E-state index in [1.807, 2.05) is 25.1 Å². The van der Waals surface area contributed by atoms with Crippen LogP contribution in [0.1, 0.15) is 49.3 Å². The Labute approximate surface area is 224 Å². The van der Waals surface area contributed by atoms with Gasteiger partial charge in [-0.1, -0.05) is 37.3 Å². The first-order valence-corrected chi connectivity index (χ1v) is 14.2. The van der Waals surface area contributed by atoms with Crippen molar-refractivity contribution in [3.8, 4) is 17.3 Å². The van der Waals surface area contributed by atoms with E-state index in [-0.39, 0.29) is 0 Å². The standard InChI is InChI=1S/C30H32N6S/c1-3-25-26(20-31)30(37-21-22-9-11-23(12-10-22)27-8-4-5-15-33-27)34-29(28(25)32-2)36-18-13-24(14-19-36)35-16-6-7-17-35/h4-5,8-12,15,24H,3,6-7,13-14,16-19,21H2,1H3. The quantitative estimate of drug-likeness (QED) is 0.269. The topological polar surface area (TPSA) is 60.4 Å². The van der Waals surface area contributed by atoms with Crippen molar-refractivity contribution in [2.45, 2.75) is 55.8 Å². The van der Waals surface area contributed by atoms with Gasteiger partial charge in [-0.05, 0) is 68.5 Å². The summed E-state index contributed by atoms with van der Waals surface area (Å²) in [5, 5.41) is 10.8. The van der Waals surface area contributed by atoms with Crippen LogP contribution in [0, 0.1) is 17.9 Å². The lowest BCUT2D eigenvalue weighted by Crippen LogP contribution is -2.44. The van der Waals surface area contributed by atoms with Gasteiger partial charge in [-0.3, -0.25) is 4.98 Å². The van der Waals surface area contributed by atoms with Crippen molar-refractivity contribution >= 4 is 23.3 Å². The zero-order valence-corrected chi connectivity index (χ0v) is 22.2. The number of nitrogens with zero attached hydrogens (tertiary/aromatic N) is 6. The van der Waals surface area contributed by atoms with Crippen LogP contribution in [0.3, 0.4) is 0 Å². The monoisotopic (exact) mass is 508 g/mol. The number of aromatic nitrogens is 2. The molecule has 0 N–H and O–H groups in total. The summed E-state index contributed by atoms with van der Waals surface area (Å²) in [6.07, 6.45) is 7.28. The minimum absolute atomic E-state index is 0.555. The summed E-state index contributed by atoms with van der Waals surface area (Å²) in [5.41, 5.74) is 5.14. The van der Waals surface area contributed by atoms with Gasteiger partial charge in [-0.2, -0.15) is 5.26 Å². The predicted molar refractivity (Wildman–Crippen MR) is 150 cm³/mol. The van der Waals surface area contributed by atoms with Crippen LogP contribution in [-0.4, -0.2) is 47.1 Å². The van der Waals surface area contributed by atoms with Crippen molar-refractivity contribution in [2.24, 2.45) is 0 Å². The van der Waals surface area contributed by atoms with Crippen LogP contribution in [0.15, 0.2) is 53.7 Å². The molecule has 5 rings (SSSR count). The van der Waals surface area contributed by atoms with Crippen LogP contribution in [0.4, 0.5) is 11.5 Å². The van der Waals surface area contributed by atoms with E-state index in [0.717, 1.165) is 59.2 Å². The highest BCUT2D eigenvalue weighted by atomic mass is 32.2. The van der Waals surface area contributed by atoms with Gasteiger partial charge < -0.3 is 9.80 Å². The van der Waals surface area contributed by atoms with Crippen LogP contribution in [-0.2, 0) is 12.2 Å². The summed E-state index contributed by atoms with van der Waals surface area (Å²) in [7, 11) is 0. The fourth-order valence-electron chi connectivity index (χ4n) is 5.50. The van der Waals surface area contributed by atoms with Crippen LogP contribution in [0.25, 0.3) is 16.1 Å². The molecular formula is C30H32N6S. The Morgan fingerprint density at radius 2 is 1.84 bits per heavy atom. The lowest BCUT2D eigenvalue weighted by atomic mass is 10.0. The number of piperidine rings is 1. The molecule has 188 valence electrons. The van der Waals surface area contributed by atoms with E-state index >= 15 is 0 Å². The van der Waals surface area contributed by atoms with E-state index in [4.69, 9.17) is 11.6 Å². The van der Waals surface area contributed by atoms with Crippen LogP contribution in [0.5, 0.6) is 0 Å². The van der Waals surface area contributed by atoms with Gasteiger partial charge in [0.1, 0.15) is 16.9 Å². The molecule has 0 unspecified atom stereocenters. The number of rotatable bonds is 7. The Morgan fingerprint density at radius 3 is 2.46 bits per heavy atom. The van der Waals surface area contributed by atoms with E-state index < -0.39 is 0 Å². The van der Waals surface area contributed by atoms with E-state index in [1.165, 1.54) is 25.9 Å². The maximum absolute atomic E-state index is 10.0. The van der Waals surface area contributed by atoms with Crippen molar-refractivity contribution in [1.29, 1.82) is 5.26 Å². The van der Waals surface area contributed by atoms with Crippen LogP contribution < -0.4 is 4.90 Å². The molecule has 37 heavy (non-hydrogen) atoms. The van der Waals surface area contributed by atoms with Gasteiger partial charge in [0, 0.05) is 36.6 Å². The van der Waals surface area contributed by atoms with Gasteiger partial charge in [0.25, 0.3) is 0 Å². The second kappa shape index (κ2) is 11.8. The fourth-order valence-corrected chi connectivity index (χ4v) is 6.46. The largest absolute Gasteiger partial charge is 0.365 e. The summed E-state index contributed by atoms with van der Waals surface area (Å²) in [6, 6.07) is 17.3. The molecule has 0 spiro atoms. The number of anilines is 1. The molecule has 6 nitrogen and oxygen atoms in total. The molecule has 2 aromatic heterocycles. The van der Waals surface area contributed by atoms with Gasteiger partial charge in [0.15, 0.2) is 0 Å². The minimum atomic E-state index is 0.555. The molecule has 2 fully saturated rings. The highest BCUT2D eigenvalue weighted by molar-refractivity contribution is 7.98. The van der Waals surface area contributed by atoms with E-state index in [0.29, 0.717) is 29.5 Å². The molecule has 0 aliphatic carbocycles. The zero-order chi connectivity index (χ0) is 25.6. The normalized spacial score (nSPS) is 16.5. The second-order valence-corrected chi connectivity index (χ2v) is 10.6. The Morgan fingerprint density at radius 1 is 1.08 bits per heavy atom. The number of likely N-dealkylation sites (tertiary alicyclic amines) is 1. The predicted octanol–water partition coefficient (Wildman–Crippen LogP) is 6.49. The van der Waals surface area contributed by atoms with Gasteiger partial charge in [0.2, 0.25) is 5.69 Å². The molecule has 2 aliphatic heterocycles. The van der Waals surface area contributed by atoms with Crippen LogP contribution in [0.2, 0.25) is 0 Å². The first-order chi connectivity index (χ1) is 18.2. The summed E-state index contributed by atoms with van der Waals surface area (Å²) >= 11 is 1.59. The zero-order valence-electron chi connectivity index (χ0n) is 21.4. The third-order valence-electron chi connectivity index (χ3n) is 7.51. The number of thioether (sulfide) groups is 1. The van der Waals surface area contributed by atoms with E-state index in [9.17, 15) is 5.26 Å². The van der Waals surface area contributed by atoms with Crippen LogP contribution >= 0.6 is 11.8 Å². The van der Waals surface area contributed by atoms with Crippen molar-refractivity contribution in [3.63, 3.8) is 0 Å². The van der Waals surface area contributed by atoms with Gasteiger partial charge in [0.05, 0.1) is 17.8 Å². The summed E-state index contributed by atoms with van der Waals surface area (Å²) in [6.45, 7) is 14.2. The van der Waals surface area contributed by atoms with Gasteiger partial charge >= 0.3 is 0 Å². The van der Waals surface area contributed by atoms with Gasteiger partial charge in [-0.15, -0.1) is 11.8 Å². The van der Waals surface area contributed by atoms with E-state index in [1.54, 1.807) is 18.0 Å². The number of benzene rings is 1. The van der Waals surface area contributed by atoms with Crippen molar-refractivity contribution in [3.05, 3.63) is 76.8 Å². The molecule has 0 amide bonds. The maximum atomic E-state index is 10.0. The molecule has 2 saturated heterocycles. The third-order valence-corrected chi connectivity index (χ3v) is 8.56. The summed E-state index contributed by atoms with van der Waals surface area (Å²) < 4.78 is 0. The van der Waals surface area contributed by atoms with Crippen molar-refractivity contribution in [2.75, 3.05) is 31.1 Å². The Bertz CT molecular complexity index is 1300. The second-order valence-electron chi connectivity index (χ2n) is 9.68. The summed E-state index contributed by atoms with van der Waals surface area (Å²) in [4.78, 5) is 18.2. The molecule has 4 heterocycles. The lowest BCUT2D eigenvalue weighted by molar-refractivity contribution is 0.207. The number of nitriles is 1. The molecular weight excluding hydrogens is 476 g/mol. The van der Waals surface area contributed by atoms with Gasteiger partial charge in [-0.25, -0.2) is 9.83 Å². The molecule has 0 radical (unpaired) electrons. The molecule has 7 heteroatoms. The summed E-state index contributed by atoms with van der Waals surface area (Å²) in [5.74, 6) is 1.47. The van der Waals surface area contributed by atoms with E-state index in [2.05, 4.69) is 50.0 Å². The maximum Gasteiger partial charge on any atom is 0.232 e. The number of pyridine rings is 2. The molecule has 2 aliphatic rings.